The Balaban J connectivity index is 1.84. The van der Waals surface area contributed by atoms with Gasteiger partial charge in [-0.25, -0.2) is 0 Å². The minimum absolute atomic E-state index is 0.0277. The maximum atomic E-state index is 6.05. The molecule has 0 radical (unpaired) electrons. The highest BCUT2D eigenvalue weighted by Crippen LogP contribution is 2.40. The Morgan fingerprint density at radius 3 is 2.67 bits per heavy atom. The Kier molecular flexibility index (Phi) is 4.44. The quantitative estimate of drug-likeness (QED) is 0.716. The van der Waals surface area contributed by atoms with Crippen LogP contribution in [-0.4, -0.2) is 39.5 Å². The van der Waals surface area contributed by atoms with Crippen LogP contribution in [0.1, 0.15) is 12.8 Å². The first-order valence-electron chi connectivity index (χ1n) is 6.31. The summed E-state index contributed by atoms with van der Waals surface area (Å²) in [6, 6.07) is 7.76. The monoisotopic (exact) mass is 251 g/mol. The van der Waals surface area contributed by atoms with Gasteiger partial charge in [-0.15, -0.1) is 0 Å². The van der Waals surface area contributed by atoms with Gasteiger partial charge in [0, 0.05) is 26.3 Å². The van der Waals surface area contributed by atoms with Crippen LogP contribution in [0.4, 0.5) is 0 Å². The van der Waals surface area contributed by atoms with Crippen molar-refractivity contribution in [3.8, 4) is 11.5 Å². The van der Waals surface area contributed by atoms with Gasteiger partial charge in [-0.3, -0.25) is 0 Å². The lowest BCUT2D eigenvalue weighted by atomic mass is 10.3. The van der Waals surface area contributed by atoms with E-state index in [1.807, 2.05) is 24.3 Å². The van der Waals surface area contributed by atoms with Crippen molar-refractivity contribution in [3.63, 3.8) is 0 Å². The number of hydrogen-bond acceptors (Lipinski definition) is 4. The van der Waals surface area contributed by atoms with Crippen LogP contribution in [0.25, 0.3) is 0 Å². The normalized spacial score (nSPS) is 16.3. The van der Waals surface area contributed by atoms with Gasteiger partial charge in [0.05, 0.1) is 13.7 Å². The van der Waals surface area contributed by atoms with Crippen molar-refractivity contribution in [2.75, 3.05) is 33.9 Å². The fourth-order valence-corrected chi connectivity index (χ4v) is 1.86. The van der Waals surface area contributed by atoms with E-state index in [9.17, 15) is 0 Å². The lowest BCUT2D eigenvalue weighted by molar-refractivity contribution is 0.161. The topological polar surface area (TPSA) is 39.7 Å². The van der Waals surface area contributed by atoms with Gasteiger partial charge in [0.15, 0.2) is 0 Å². The van der Waals surface area contributed by atoms with E-state index >= 15 is 0 Å². The molecular weight excluding hydrogens is 230 g/mol. The first-order chi connectivity index (χ1) is 8.78. The van der Waals surface area contributed by atoms with Crippen LogP contribution in [0.3, 0.4) is 0 Å². The SMILES string of the molecule is COCCNCC1(Oc2cccc(OC)c2)CC1. The van der Waals surface area contributed by atoms with Crippen molar-refractivity contribution in [1.82, 2.24) is 5.32 Å². The van der Waals surface area contributed by atoms with E-state index in [1.54, 1.807) is 14.2 Å². The molecule has 1 aliphatic carbocycles. The number of rotatable bonds is 8. The van der Waals surface area contributed by atoms with Crippen LogP contribution < -0.4 is 14.8 Å². The molecule has 0 unspecified atom stereocenters. The number of nitrogens with one attached hydrogen (secondary N) is 1. The molecule has 4 nitrogen and oxygen atoms in total. The zero-order chi connectivity index (χ0) is 12.8. The molecule has 0 saturated heterocycles. The first kappa shape index (κ1) is 13.2. The van der Waals surface area contributed by atoms with Gasteiger partial charge in [-0.1, -0.05) is 6.07 Å². The predicted molar refractivity (Wildman–Crippen MR) is 70.3 cm³/mol. The Bertz CT molecular complexity index is 377. The molecule has 0 aliphatic heterocycles. The van der Waals surface area contributed by atoms with Crippen LogP contribution in [0.15, 0.2) is 24.3 Å². The lowest BCUT2D eigenvalue weighted by Crippen LogP contribution is -2.34. The number of methoxy groups -OCH3 is 2. The van der Waals surface area contributed by atoms with Gasteiger partial charge in [0.25, 0.3) is 0 Å². The Morgan fingerprint density at radius 2 is 2.00 bits per heavy atom. The summed E-state index contributed by atoms with van der Waals surface area (Å²) in [4.78, 5) is 0. The van der Waals surface area contributed by atoms with E-state index in [1.165, 1.54) is 0 Å². The summed E-state index contributed by atoms with van der Waals surface area (Å²) in [7, 11) is 3.37. The van der Waals surface area contributed by atoms with E-state index in [2.05, 4.69) is 5.32 Å². The minimum atomic E-state index is -0.0277. The first-order valence-corrected chi connectivity index (χ1v) is 6.31. The van der Waals surface area contributed by atoms with Crippen LogP contribution >= 0.6 is 0 Å². The average molecular weight is 251 g/mol. The van der Waals surface area contributed by atoms with E-state index in [0.717, 1.165) is 44.0 Å². The smallest absolute Gasteiger partial charge is 0.123 e. The van der Waals surface area contributed by atoms with Crippen molar-refractivity contribution in [2.45, 2.75) is 18.4 Å². The summed E-state index contributed by atoms with van der Waals surface area (Å²) in [6.45, 7) is 2.46. The standard InChI is InChI=1S/C14H21NO3/c1-16-9-8-15-11-14(6-7-14)18-13-5-3-4-12(10-13)17-2/h3-5,10,15H,6-9,11H2,1-2H3. The van der Waals surface area contributed by atoms with E-state index in [0.29, 0.717) is 0 Å². The highest BCUT2D eigenvalue weighted by molar-refractivity contribution is 5.33. The maximum Gasteiger partial charge on any atom is 0.123 e. The second-order valence-corrected chi connectivity index (χ2v) is 4.63. The molecule has 1 aliphatic rings. The molecular formula is C14H21NO3. The molecule has 1 fully saturated rings. The fraction of sp³-hybridized carbons (Fsp3) is 0.571. The van der Waals surface area contributed by atoms with E-state index in [-0.39, 0.29) is 5.60 Å². The summed E-state index contributed by atoms with van der Waals surface area (Å²) < 4.78 is 16.2. The van der Waals surface area contributed by atoms with Gasteiger partial charge >= 0.3 is 0 Å². The molecule has 2 rings (SSSR count). The maximum absolute atomic E-state index is 6.05. The Labute approximate surface area is 108 Å². The van der Waals surface area contributed by atoms with Crippen LogP contribution in [0, 0.1) is 0 Å². The predicted octanol–water partition coefficient (Wildman–Crippen LogP) is 1.84. The van der Waals surface area contributed by atoms with E-state index in [4.69, 9.17) is 14.2 Å². The third-order valence-electron chi connectivity index (χ3n) is 3.11. The Morgan fingerprint density at radius 1 is 1.22 bits per heavy atom. The molecule has 18 heavy (non-hydrogen) atoms. The zero-order valence-electron chi connectivity index (χ0n) is 11.1. The summed E-state index contributed by atoms with van der Waals surface area (Å²) in [5.74, 6) is 1.70. The summed E-state index contributed by atoms with van der Waals surface area (Å²) in [5.41, 5.74) is -0.0277. The molecule has 0 aromatic heterocycles. The van der Waals surface area contributed by atoms with Crippen LogP contribution in [0.5, 0.6) is 11.5 Å². The molecule has 1 aromatic carbocycles. The van der Waals surface area contributed by atoms with Crippen LogP contribution in [0.2, 0.25) is 0 Å². The van der Waals surface area contributed by atoms with Crippen molar-refractivity contribution in [3.05, 3.63) is 24.3 Å². The Hall–Kier alpha value is -1.26. The average Bonchev–Trinajstić information content (AvgIpc) is 3.15. The van der Waals surface area contributed by atoms with Crippen molar-refractivity contribution >= 4 is 0 Å². The van der Waals surface area contributed by atoms with Crippen molar-refractivity contribution in [1.29, 1.82) is 0 Å². The molecule has 0 amide bonds. The molecule has 1 aromatic rings. The van der Waals surface area contributed by atoms with Gasteiger partial charge in [0.1, 0.15) is 17.1 Å². The fourth-order valence-electron chi connectivity index (χ4n) is 1.86. The van der Waals surface area contributed by atoms with Gasteiger partial charge in [0.2, 0.25) is 0 Å². The van der Waals surface area contributed by atoms with Gasteiger partial charge in [-0.2, -0.15) is 0 Å². The molecule has 1 saturated carbocycles. The molecule has 1 N–H and O–H groups in total. The molecule has 0 atom stereocenters. The van der Waals surface area contributed by atoms with Crippen LogP contribution in [-0.2, 0) is 4.74 Å². The molecule has 4 heteroatoms. The number of benzene rings is 1. The molecule has 0 bridgehead atoms. The summed E-state index contributed by atoms with van der Waals surface area (Å²) in [6.07, 6.45) is 2.20. The third-order valence-corrected chi connectivity index (χ3v) is 3.11. The largest absolute Gasteiger partial charge is 0.497 e. The highest BCUT2D eigenvalue weighted by Gasteiger charge is 2.45. The van der Waals surface area contributed by atoms with Gasteiger partial charge < -0.3 is 19.5 Å². The number of hydrogen-bond donors (Lipinski definition) is 1. The van der Waals surface area contributed by atoms with E-state index < -0.39 is 0 Å². The minimum Gasteiger partial charge on any atom is -0.497 e. The second-order valence-electron chi connectivity index (χ2n) is 4.63. The zero-order valence-corrected chi connectivity index (χ0v) is 11.1. The third kappa shape index (κ3) is 3.62. The van der Waals surface area contributed by atoms with Crippen molar-refractivity contribution in [2.24, 2.45) is 0 Å². The second kappa shape index (κ2) is 6.07. The van der Waals surface area contributed by atoms with Gasteiger partial charge in [-0.05, 0) is 25.0 Å². The number of ether oxygens (including phenoxy) is 3. The lowest BCUT2D eigenvalue weighted by Gasteiger charge is -2.19. The molecule has 100 valence electrons. The molecule has 0 heterocycles. The summed E-state index contributed by atoms with van der Waals surface area (Å²) >= 11 is 0. The molecule has 0 spiro atoms. The van der Waals surface area contributed by atoms with Crippen molar-refractivity contribution < 1.29 is 14.2 Å². The summed E-state index contributed by atoms with van der Waals surface area (Å²) in [5, 5.41) is 3.36. The highest BCUT2D eigenvalue weighted by atomic mass is 16.5.